The van der Waals surface area contributed by atoms with Gasteiger partial charge in [-0.2, -0.15) is 0 Å². The Hall–Kier alpha value is -2.60. The van der Waals surface area contributed by atoms with Gasteiger partial charge in [0.2, 0.25) is 0 Å². The van der Waals surface area contributed by atoms with E-state index in [0.29, 0.717) is 11.4 Å². The third-order valence-corrected chi connectivity index (χ3v) is 3.24. The first-order chi connectivity index (χ1) is 9.88. The van der Waals surface area contributed by atoms with Crippen molar-refractivity contribution in [3.8, 4) is 0 Å². The van der Waals surface area contributed by atoms with Crippen LogP contribution in [0.5, 0.6) is 0 Å². The molecule has 0 amide bonds. The molecule has 0 aliphatic carbocycles. The molecule has 0 bridgehead atoms. The van der Waals surface area contributed by atoms with E-state index in [4.69, 9.17) is 16.7 Å². The van der Waals surface area contributed by atoms with Gasteiger partial charge in [-0.05, 0) is 30.7 Å². The smallest absolute Gasteiger partial charge is 0.337 e. The zero-order valence-corrected chi connectivity index (χ0v) is 11.7. The van der Waals surface area contributed by atoms with Crippen LogP contribution in [0.3, 0.4) is 0 Å². The quantitative estimate of drug-likeness (QED) is 0.658. The van der Waals surface area contributed by atoms with Gasteiger partial charge in [-0.3, -0.25) is 10.1 Å². The van der Waals surface area contributed by atoms with Crippen molar-refractivity contribution >= 4 is 34.6 Å². The van der Waals surface area contributed by atoms with Crippen molar-refractivity contribution < 1.29 is 14.8 Å². The van der Waals surface area contributed by atoms with Crippen LogP contribution in [0.15, 0.2) is 36.4 Å². The molecule has 0 aliphatic rings. The average Bonchev–Trinajstić information content (AvgIpc) is 2.42. The topological polar surface area (TPSA) is 92.5 Å². The van der Waals surface area contributed by atoms with Crippen LogP contribution in [0, 0.1) is 17.0 Å². The van der Waals surface area contributed by atoms with E-state index < -0.39 is 10.9 Å². The number of halogens is 1. The summed E-state index contributed by atoms with van der Waals surface area (Å²) in [5, 5.41) is 22.9. The summed E-state index contributed by atoms with van der Waals surface area (Å²) in [5.41, 5.74) is 1.73. The summed E-state index contributed by atoms with van der Waals surface area (Å²) in [6, 6.07) is 8.86. The van der Waals surface area contributed by atoms with Crippen LogP contribution in [0.4, 0.5) is 17.1 Å². The fourth-order valence-electron chi connectivity index (χ4n) is 1.78. The van der Waals surface area contributed by atoms with Crippen molar-refractivity contribution in [3.05, 3.63) is 62.7 Å². The monoisotopic (exact) mass is 306 g/mol. The molecule has 2 N–H and O–H groups in total. The molecular weight excluding hydrogens is 296 g/mol. The molecule has 0 fully saturated rings. The van der Waals surface area contributed by atoms with E-state index in [2.05, 4.69) is 5.32 Å². The molecule has 0 atom stereocenters. The number of nitro groups is 1. The maximum atomic E-state index is 11.0. The molecule has 0 heterocycles. The summed E-state index contributed by atoms with van der Waals surface area (Å²) in [6.07, 6.45) is 0. The number of benzene rings is 2. The number of nitro benzene ring substituents is 1. The number of carboxylic acid groups (broad SMARTS) is 1. The molecule has 21 heavy (non-hydrogen) atoms. The molecule has 108 valence electrons. The second-order valence-corrected chi connectivity index (χ2v) is 4.79. The lowest BCUT2D eigenvalue weighted by atomic mass is 10.1. The summed E-state index contributed by atoms with van der Waals surface area (Å²) < 4.78 is 0. The van der Waals surface area contributed by atoms with Crippen LogP contribution in [-0.2, 0) is 0 Å². The molecule has 7 heteroatoms. The molecule has 2 aromatic rings. The lowest BCUT2D eigenvalue weighted by Gasteiger charge is -2.10. The van der Waals surface area contributed by atoms with Gasteiger partial charge in [0.25, 0.3) is 5.69 Å². The fourth-order valence-corrected chi connectivity index (χ4v) is 1.98. The van der Waals surface area contributed by atoms with Crippen LogP contribution < -0.4 is 5.32 Å². The Labute approximate surface area is 125 Å². The second-order valence-electron chi connectivity index (χ2n) is 4.38. The normalized spacial score (nSPS) is 10.2. The number of non-ortho nitro benzene ring substituents is 1. The molecule has 0 spiro atoms. The van der Waals surface area contributed by atoms with E-state index in [1.54, 1.807) is 19.1 Å². The summed E-state index contributed by atoms with van der Waals surface area (Å²) in [6.45, 7) is 1.79. The molecule has 0 aromatic heterocycles. The third kappa shape index (κ3) is 3.29. The van der Waals surface area contributed by atoms with Gasteiger partial charge in [0.1, 0.15) is 0 Å². The minimum atomic E-state index is -1.14. The van der Waals surface area contributed by atoms with Crippen molar-refractivity contribution in [2.24, 2.45) is 0 Å². The van der Waals surface area contributed by atoms with E-state index in [-0.39, 0.29) is 16.3 Å². The number of hydrogen-bond donors (Lipinski definition) is 2. The summed E-state index contributed by atoms with van der Waals surface area (Å²) in [7, 11) is 0. The highest BCUT2D eigenvalue weighted by atomic mass is 35.5. The van der Waals surface area contributed by atoms with Crippen molar-refractivity contribution in [2.45, 2.75) is 6.92 Å². The lowest BCUT2D eigenvalue weighted by molar-refractivity contribution is -0.384. The van der Waals surface area contributed by atoms with Crippen LogP contribution in [0.25, 0.3) is 0 Å². The molecule has 0 radical (unpaired) electrons. The first-order valence-electron chi connectivity index (χ1n) is 5.93. The predicted molar refractivity (Wildman–Crippen MR) is 79.5 cm³/mol. The van der Waals surface area contributed by atoms with Gasteiger partial charge in [0.15, 0.2) is 0 Å². The molecule has 0 unspecified atom stereocenters. The van der Waals surface area contributed by atoms with Crippen LogP contribution >= 0.6 is 11.6 Å². The Morgan fingerprint density at radius 1 is 1.29 bits per heavy atom. The van der Waals surface area contributed by atoms with Gasteiger partial charge in [-0.25, -0.2) is 4.79 Å². The number of hydrogen-bond acceptors (Lipinski definition) is 4. The van der Waals surface area contributed by atoms with Gasteiger partial charge >= 0.3 is 5.97 Å². The van der Waals surface area contributed by atoms with E-state index in [9.17, 15) is 14.9 Å². The minimum Gasteiger partial charge on any atom is -0.478 e. The largest absolute Gasteiger partial charge is 0.478 e. The van der Waals surface area contributed by atoms with E-state index in [1.807, 2.05) is 0 Å². The van der Waals surface area contributed by atoms with Gasteiger partial charge in [-0.15, -0.1) is 0 Å². The van der Waals surface area contributed by atoms with Crippen molar-refractivity contribution in [1.82, 2.24) is 0 Å². The standard InChI is InChI=1S/C14H11ClN2O4/c1-8-2-4-10(17(20)21)7-13(8)16-9-3-5-12(15)11(6-9)14(18)19/h2-7,16H,1H3,(H,18,19). The minimum absolute atomic E-state index is 0.0373. The number of carboxylic acids is 1. The molecule has 0 saturated heterocycles. The van der Waals surface area contributed by atoms with Gasteiger partial charge < -0.3 is 10.4 Å². The Morgan fingerprint density at radius 3 is 2.62 bits per heavy atom. The maximum absolute atomic E-state index is 11.0. The lowest BCUT2D eigenvalue weighted by Crippen LogP contribution is -2.00. The first-order valence-corrected chi connectivity index (χ1v) is 6.31. The number of nitrogens with one attached hydrogen (secondary N) is 1. The molecular formula is C14H11ClN2O4. The van der Waals surface area contributed by atoms with Crippen molar-refractivity contribution in [2.75, 3.05) is 5.32 Å². The number of carbonyl (C=O) groups is 1. The van der Waals surface area contributed by atoms with Gasteiger partial charge in [0, 0.05) is 23.5 Å². The fraction of sp³-hybridized carbons (Fsp3) is 0.0714. The summed E-state index contributed by atoms with van der Waals surface area (Å²) in [4.78, 5) is 21.3. The summed E-state index contributed by atoms with van der Waals surface area (Å²) >= 11 is 5.79. The van der Waals surface area contributed by atoms with Gasteiger partial charge in [-0.1, -0.05) is 17.7 Å². The van der Waals surface area contributed by atoms with E-state index in [0.717, 1.165) is 5.56 Å². The maximum Gasteiger partial charge on any atom is 0.337 e. The van der Waals surface area contributed by atoms with Crippen LogP contribution in [-0.4, -0.2) is 16.0 Å². The van der Waals surface area contributed by atoms with Crippen LogP contribution in [0.1, 0.15) is 15.9 Å². The second kappa shape index (κ2) is 5.80. The van der Waals surface area contributed by atoms with E-state index >= 15 is 0 Å². The molecule has 0 saturated carbocycles. The first kappa shape index (κ1) is 14.8. The Morgan fingerprint density at radius 2 is 2.00 bits per heavy atom. The Balaban J connectivity index is 2.38. The molecule has 6 nitrogen and oxygen atoms in total. The van der Waals surface area contributed by atoms with Crippen molar-refractivity contribution in [1.29, 1.82) is 0 Å². The SMILES string of the molecule is Cc1ccc([N+](=O)[O-])cc1Nc1ccc(Cl)c(C(=O)O)c1. The number of nitrogens with zero attached hydrogens (tertiary/aromatic N) is 1. The van der Waals surface area contributed by atoms with Gasteiger partial charge in [0.05, 0.1) is 15.5 Å². The molecule has 2 rings (SSSR count). The number of anilines is 2. The highest BCUT2D eigenvalue weighted by Gasteiger charge is 2.12. The number of aromatic carboxylic acids is 1. The highest BCUT2D eigenvalue weighted by molar-refractivity contribution is 6.33. The molecule has 2 aromatic carbocycles. The number of aryl methyl sites for hydroxylation is 1. The Kier molecular flexibility index (Phi) is 4.09. The van der Waals surface area contributed by atoms with Crippen LogP contribution in [0.2, 0.25) is 5.02 Å². The molecule has 0 aliphatic heterocycles. The Bertz CT molecular complexity index is 731. The number of rotatable bonds is 4. The van der Waals surface area contributed by atoms with Crippen molar-refractivity contribution in [3.63, 3.8) is 0 Å². The zero-order chi connectivity index (χ0) is 15.6. The zero-order valence-electron chi connectivity index (χ0n) is 11.0. The third-order valence-electron chi connectivity index (χ3n) is 2.91. The average molecular weight is 307 g/mol. The predicted octanol–water partition coefficient (Wildman–Crippen LogP) is 4.00. The summed E-state index contributed by atoms with van der Waals surface area (Å²) in [5.74, 6) is -1.14. The van der Waals surface area contributed by atoms with E-state index in [1.165, 1.54) is 24.3 Å². The highest BCUT2D eigenvalue weighted by Crippen LogP contribution is 2.27.